The molecule has 0 aliphatic rings. The van der Waals surface area contributed by atoms with Crippen LogP contribution in [0, 0.1) is 0 Å². The van der Waals surface area contributed by atoms with Gasteiger partial charge in [0.2, 0.25) is 0 Å². The maximum absolute atomic E-state index is 12.1. The molecule has 3 nitrogen and oxygen atoms in total. The highest BCUT2D eigenvalue weighted by molar-refractivity contribution is 9.10. The predicted octanol–water partition coefficient (Wildman–Crippen LogP) is 3.86. The minimum atomic E-state index is -0.612. The number of carbonyl (C=O) groups excluding carboxylic acids is 1. The number of benzene rings is 1. The topological polar surface area (TPSA) is 38.3 Å². The molecule has 0 spiro atoms. The molecule has 0 fully saturated rings. The summed E-state index contributed by atoms with van der Waals surface area (Å²) in [4.78, 5) is 13.3. The first kappa shape index (κ1) is 17.5. The van der Waals surface area contributed by atoms with Gasteiger partial charge < -0.3 is 10.1 Å². The van der Waals surface area contributed by atoms with Crippen molar-refractivity contribution in [3.63, 3.8) is 0 Å². The summed E-state index contributed by atoms with van der Waals surface area (Å²) in [5.74, 6) is 0.680. The van der Waals surface area contributed by atoms with Gasteiger partial charge in [0.05, 0.1) is 6.61 Å². The van der Waals surface area contributed by atoms with E-state index in [4.69, 9.17) is 4.74 Å². The number of rotatable bonds is 8. The molecule has 0 saturated carbocycles. The maximum atomic E-state index is 12.1. The standard InChI is InChI=1S/C15H22BrNO2S/c1-4-17-15(3,14(18)19-5-2)10-11-20-13-9-7-6-8-12(13)16/h6-9,17H,4-5,10-11H2,1-3H3. The molecule has 1 N–H and O–H groups in total. The fourth-order valence-electron chi connectivity index (χ4n) is 1.87. The number of nitrogens with one attached hydrogen (secondary N) is 1. The Morgan fingerprint density at radius 2 is 2.10 bits per heavy atom. The molecule has 1 rings (SSSR count). The Hall–Kier alpha value is -0.520. The van der Waals surface area contributed by atoms with Gasteiger partial charge in [0.15, 0.2) is 0 Å². The van der Waals surface area contributed by atoms with Crippen molar-refractivity contribution in [1.82, 2.24) is 5.32 Å². The fraction of sp³-hybridized carbons (Fsp3) is 0.533. The molecule has 0 radical (unpaired) electrons. The van der Waals surface area contributed by atoms with Gasteiger partial charge in [0.25, 0.3) is 0 Å². The van der Waals surface area contributed by atoms with Crippen LogP contribution in [-0.4, -0.2) is 30.4 Å². The second-order valence-corrected chi connectivity index (χ2v) is 6.60. The molecule has 5 heteroatoms. The molecule has 20 heavy (non-hydrogen) atoms. The zero-order valence-corrected chi connectivity index (χ0v) is 14.6. The first-order chi connectivity index (χ1) is 9.53. The molecule has 0 bridgehead atoms. The normalized spacial score (nSPS) is 13.8. The average molecular weight is 360 g/mol. The smallest absolute Gasteiger partial charge is 0.326 e. The number of ether oxygens (including phenoxy) is 1. The largest absolute Gasteiger partial charge is 0.465 e. The fourth-order valence-corrected chi connectivity index (χ4v) is 3.61. The van der Waals surface area contributed by atoms with Crippen LogP contribution >= 0.6 is 27.7 Å². The minimum Gasteiger partial charge on any atom is -0.465 e. The second kappa shape index (κ2) is 8.70. The van der Waals surface area contributed by atoms with Crippen LogP contribution in [0.15, 0.2) is 33.6 Å². The van der Waals surface area contributed by atoms with E-state index in [-0.39, 0.29) is 5.97 Å². The second-order valence-electron chi connectivity index (χ2n) is 4.61. The van der Waals surface area contributed by atoms with Crippen molar-refractivity contribution in [2.24, 2.45) is 0 Å². The molecule has 1 atom stereocenters. The van der Waals surface area contributed by atoms with Crippen molar-refractivity contribution >= 4 is 33.7 Å². The Morgan fingerprint density at radius 1 is 1.40 bits per heavy atom. The van der Waals surface area contributed by atoms with Gasteiger partial charge in [-0.1, -0.05) is 19.1 Å². The van der Waals surface area contributed by atoms with Gasteiger partial charge in [-0.3, -0.25) is 4.79 Å². The highest BCUT2D eigenvalue weighted by Gasteiger charge is 2.33. The third-order valence-corrected chi connectivity index (χ3v) is 5.02. The number of halogens is 1. The van der Waals surface area contributed by atoms with Crippen molar-refractivity contribution in [1.29, 1.82) is 0 Å². The van der Waals surface area contributed by atoms with Crippen LogP contribution in [0.5, 0.6) is 0 Å². The van der Waals surface area contributed by atoms with Crippen LogP contribution < -0.4 is 5.32 Å². The molecule has 1 aromatic carbocycles. The van der Waals surface area contributed by atoms with E-state index >= 15 is 0 Å². The van der Waals surface area contributed by atoms with E-state index in [2.05, 4.69) is 27.3 Å². The van der Waals surface area contributed by atoms with E-state index in [9.17, 15) is 4.79 Å². The molecule has 0 saturated heterocycles. The predicted molar refractivity (Wildman–Crippen MR) is 88.2 cm³/mol. The summed E-state index contributed by atoms with van der Waals surface area (Å²) in [6.45, 7) is 6.90. The van der Waals surface area contributed by atoms with Gasteiger partial charge in [0, 0.05) is 15.1 Å². The van der Waals surface area contributed by atoms with E-state index in [1.165, 1.54) is 4.90 Å². The van der Waals surface area contributed by atoms with Gasteiger partial charge in [-0.05, 0) is 54.9 Å². The highest BCUT2D eigenvalue weighted by Crippen LogP contribution is 2.29. The quantitative estimate of drug-likeness (QED) is 0.564. The van der Waals surface area contributed by atoms with Crippen LogP contribution in [-0.2, 0) is 9.53 Å². The maximum Gasteiger partial charge on any atom is 0.326 e. The Balaban J connectivity index is 2.59. The van der Waals surface area contributed by atoms with E-state index in [1.54, 1.807) is 11.8 Å². The lowest BCUT2D eigenvalue weighted by Gasteiger charge is -2.28. The third-order valence-electron chi connectivity index (χ3n) is 2.99. The van der Waals surface area contributed by atoms with Gasteiger partial charge in [0.1, 0.15) is 5.54 Å². The Kier molecular flexibility index (Phi) is 7.62. The molecule has 0 aliphatic heterocycles. The lowest BCUT2D eigenvalue weighted by atomic mass is 9.99. The van der Waals surface area contributed by atoms with Crippen molar-refractivity contribution < 1.29 is 9.53 Å². The molecule has 1 unspecified atom stereocenters. The summed E-state index contributed by atoms with van der Waals surface area (Å²) in [5.41, 5.74) is -0.612. The Labute approximate surface area is 134 Å². The van der Waals surface area contributed by atoms with Crippen LogP contribution in [0.4, 0.5) is 0 Å². The lowest BCUT2D eigenvalue weighted by molar-refractivity contribution is -0.150. The zero-order chi connectivity index (χ0) is 15.0. The third kappa shape index (κ3) is 5.11. The summed E-state index contributed by atoms with van der Waals surface area (Å²) in [6.07, 6.45) is 0.728. The lowest BCUT2D eigenvalue weighted by Crippen LogP contribution is -2.50. The van der Waals surface area contributed by atoms with Gasteiger partial charge in [-0.15, -0.1) is 11.8 Å². The monoisotopic (exact) mass is 359 g/mol. The van der Waals surface area contributed by atoms with E-state index < -0.39 is 5.54 Å². The molecule has 0 aromatic heterocycles. The van der Waals surface area contributed by atoms with Crippen molar-refractivity contribution in [2.45, 2.75) is 37.6 Å². The summed E-state index contributed by atoms with van der Waals surface area (Å²) < 4.78 is 6.26. The zero-order valence-electron chi connectivity index (χ0n) is 12.2. The Bertz CT molecular complexity index is 442. The molecular weight excluding hydrogens is 338 g/mol. The first-order valence-electron chi connectivity index (χ1n) is 6.83. The van der Waals surface area contributed by atoms with Gasteiger partial charge in [-0.25, -0.2) is 0 Å². The molecule has 0 heterocycles. The summed E-state index contributed by atoms with van der Waals surface area (Å²) >= 11 is 5.27. The number of thioether (sulfide) groups is 1. The summed E-state index contributed by atoms with van der Waals surface area (Å²) in [7, 11) is 0. The van der Waals surface area contributed by atoms with Crippen molar-refractivity contribution in [3.8, 4) is 0 Å². The number of likely N-dealkylation sites (N-methyl/N-ethyl adjacent to an activating group) is 1. The first-order valence-corrected chi connectivity index (χ1v) is 8.61. The van der Waals surface area contributed by atoms with Crippen LogP contribution in [0.3, 0.4) is 0 Å². The van der Waals surface area contributed by atoms with Gasteiger partial charge in [-0.2, -0.15) is 0 Å². The number of hydrogen-bond acceptors (Lipinski definition) is 4. The number of carbonyl (C=O) groups is 1. The van der Waals surface area contributed by atoms with E-state index in [0.717, 1.165) is 23.2 Å². The van der Waals surface area contributed by atoms with Crippen LogP contribution in [0.25, 0.3) is 0 Å². The van der Waals surface area contributed by atoms with Gasteiger partial charge >= 0.3 is 5.97 Å². The van der Waals surface area contributed by atoms with Crippen molar-refractivity contribution in [2.75, 3.05) is 18.9 Å². The Morgan fingerprint density at radius 3 is 2.70 bits per heavy atom. The summed E-state index contributed by atoms with van der Waals surface area (Å²) in [5, 5.41) is 3.24. The van der Waals surface area contributed by atoms with E-state index in [0.29, 0.717) is 6.61 Å². The van der Waals surface area contributed by atoms with Crippen LogP contribution in [0.2, 0.25) is 0 Å². The van der Waals surface area contributed by atoms with Crippen molar-refractivity contribution in [3.05, 3.63) is 28.7 Å². The minimum absolute atomic E-state index is 0.172. The highest BCUT2D eigenvalue weighted by atomic mass is 79.9. The number of esters is 1. The summed E-state index contributed by atoms with van der Waals surface area (Å²) in [6, 6.07) is 8.11. The molecule has 1 aromatic rings. The van der Waals surface area contributed by atoms with E-state index in [1.807, 2.05) is 39.0 Å². The molecule has 0 amide bonds. The average Bonchev–Trinajstić information content (AvgIpc) is 2.41. The van der Waals surface area contributed by atoms with Crippen LogP contribution in [0.1, 0.15) is 27.2 Å². The SMILES string of the molecule is CCNC(C)(CCSc1ccccc1Br)C(=O)OCC. The molecule has 0 aliphatic carbocycles. The molecule has 112 valence electrons. The number of hydrogen-bond donors (Lipinski definition) is 1. The molecular formula is C15H22BrNO2S.